The maximum Gasteiger partial charge on any atom is 0.573 e. The summed E-state index contributed by atoms with van der Waals surface area (Å²) in [6.45, 7) is 1.26. The first-order chi connectivity index (χ1) is 8.24. The smallest absolute Gasteiger partial charge is 0.469 e. The summed E-state index contributed by atoms with van der Waals surface area (Å²) in [6.07, 6.45) is -4.50. The van der Waals surface area contributed by atoms with E-state index >= 15 is 0 Å². The lowest BCUT2D eigenvalue weighted by molar-refractivity contribution is -0.275. The number of carbonyl (C=O) groups excluding carboxylic acids is 1. The molecule has 0 aliphatic heterocycles. The molecule has 0 saturated carbocycles. The zero-order chi connectivity index (χ0) is 13.9. The second-order valence-corrected chi connectivity index (χ2v) is 3.39. The van der Waals surface area contributed by atoms with Crippen molar-refractivity contribution in [2.45, 2.75) is 19.7 Å². The van der Waals surface area contributed by atoms with E-state index in [9.17, 15) is 22.8 Å². The standard InChI is InChI=1S/C10H10F3NO4/c1-5-6(3-8(15)17-2)9(16)14-4-7(5)18-10(11,12)13/h4H,3H2,1-2H3,(H,14,16). The number of hydrogen-bond donors (Lipinski definition) is 1. The molecule has 1 rings (SSSR count). The molecule has 100 valence electrons. The Morgan fingerprint density at radius 1 is 1.44 bits per heavy atom. The Morgan fingerprint density at radius 2 is 2.06 bits per heavy atom. The number of aromatic nitrogens is 1. The summed E-state index contributed by atoms with van der Waals surface area (Å²) in [5.41, 5.74) is -0.836. The topological polar surface area (TPSA) is 68.4 Å². The molecule has 0 aliphatic carbocycles. The molecular formula is C10H10F3NO4. The summed E-state index contributed by atoms with van der Waals surface area (Å²) in [4.78, 5) is 24.5. The van der Waals surface area contributed by atoms with E-state index in [-0.39, 0.29) is 11.1 Å². The van der Waals surface area contributed by atoms with Crippen molar-refractivity contribution in [1.82, 2.24) is 4.98 Å². The average molecular weight is 265 g/mol. The molecule has 0 aromatic carbocycles. The lowest BCUT2D eigenvalue weighted by atomic mass is 10.1. The number of methoxy groups -OCH3 is 1. The molecule has 0 unspecified atom stereocenters. The molecule has 0 atom stereocenters. The Hall–Kier alpha value is -1.99. The van der Waals surface area contributed by atoms with Gasteiger partial charge in [-0.1, -0.05) is 0 Å². The number of halogens is 3. The third-order valence-electron chi connectivity index (χ3n) is 2.21. The number of rotatable bonds is 3. The molecule has 0 saturated heterocycles. The molecule has 8 heteroatoms. The third-order valence-corrected chi connectivity index (χ3v) is 2.21. The van der Waals surface area contributed by atoms with Crippen LogP contribution in [0.3, 0.4) is 0 Å². The third kappa shape index (κ3) is 3.51. The summed E-state index contributed by atoms with van der Waals surface area (Å²) in [6, 6.07) is 0. The van der Waals surface area contributed by atoms with Gasteiger partial charge in [-0.2, -0.15) is 0 Å². The van der Waals surface area contributed by atoms with Crippen molar-refractivity contribution >= 4 is 5.97 Å². The van der Waals surface area contributed by atoms with Crippen LogP contribution in [0.1, 0.15) is 11.1 Å². The molecular weight excluding hydrogens is 255 g/mol. The number of alkyl halides is 3. The maximum absolute atomic E-state index is 12.1. The molecule has 0 spiro atoms. The van der Waals surface area contributed by atoms with E-state index in [2.05, 4.69) is 14.5 Å². The molecule has 1 heterocycles. The summed E-state index contributed by atoms with van der Waals surface area (Å²) in [5, 5.41) is 0. The Morgan fingerprint density at radius 3 is 2.56 bits per heavy atom. The second-order valence-electron chi connectivity index (χ2n) is 3.39. The number of carbonyl (C=O) groups is 1. The van der Waals surface area contributed by atoms with Gasteiger partial charge in [0, 0.05) is 17.3 Å². The normalized spacial score (nSPS) is 11.2. The molecule has 5 nitrogen and oxygen atoms in total. The maximum atomic E-state index is 12.1. The van der Waals surface area contributed by atoms with Gasteiger partial charge in [0.25, 0.3) is 5.56 Å². The van der Waals surface area contributed by atoms with Gasteiger partial charge in [0.1, 0.15) is 5.75 Å². The van der Waals surface area contributed by atoms with E-state index in [1.165, 1.54) is 6.92 Å². The lowest BCUT2D eigenvalue weighted by Crippen LogP contribution is -2.23. The Kier molecular flexibility index (Phi) is 4.00. The van der Waals surface area contributed by atoms with Crippen LogP contribution in [-0.2, 0) is 16.0 Å². The van der Waals surface area contributed by atoms with Crippen LogP contribution in [0.4, 0.5) is 13.2 Å². The van der Waals surface area contributed by atoms with E-state index in [1.807, 2.05) is 0 Å². The van der Waals surface area contributed by atoms with Crippen LogP contribution in [0.15, 0.2) is 11.0 Å². The fraction of sp³-hybridized carbons (Fsp3) is 0.400. The van der Waals surface area contributed by atoms with Crippen molar-refractivity contribution in [3.63, 3.8) is 0 Å². The quantitative estimate of drug-likeness (QED) is 0.836. The van der Waals surface area contributed by atoms with Crippen LogP contribution in [-0.4, -0.2) is 24.4 Å². The summed E-state index contributed by atoms with van der Waals surface area (Å²) < 4.78 is 44.3. The average Bonchev–Trinajstić information content (AvgIpc) is 2.26. The van der Waals surface area contributed by atoms with Gasteiger partial charge in [0.15, 0.2) is 0 Å². The largest absolute Gasteiger partial charge is 0.573 e. The molecule has 0 bridgehead atoms. The van der Waals surface area contributed by atoms with Gasteiger partial charge >= 0.3 is 12.3 Å². The minimum atomic E-state index is -4.87. The highest BCUT2D eigenvalue weighted by Gasteiger charge is 2.32. The fourth-order valence-corrected chi connectivity index (χ4v) is 1.31. The van der Waals surface area contributed by atoms with Gasteiger partial charge in [-0.25, -0.2) is 0 Å². The van der Waals surface area contributed by atoms with Crippen molar-refractivity contribution in [2.24, 2.45) is 0 Å². The van der Waals surface area contributed by atoms with Crippen LogP contribution in [0.2, 0.25) is 0 Å². The molecule has 0 amide bonds. The molecule has 0 fully saturated rings. The zero-order valence-electron chi connectivity index (χ0n) is 9.55. The first kappa shape index (κ1) is 14.1. The van der Waals surface area contributed by atoms with Crippen LogP contribution < -0.4 is 10.3 Å². The highest BCUT2D eigenvalue weighted by molar-refractivity contribution is 5.73. The molecule has 0 radical (unpaired) electrons. The van der Waals surface area contributed by atoms with Crippen molar-refractivity contribution in [2.75, 3.05) is 7.11 Å². The summed E-state index contributed by atoms with van der Waals surface area (Å²) in [7, 11) is 1.11. The van der Waals surface area contributed by atoms with Crippen molar-refractivity contribution in [1.29, 1.82) is 0 Å². The minimum absolute atomic E-state index is 0.0542. The molecule has 1 N–H and O–H groups in total. The minimum Gasteiger partial charge on any atom is -0.469 e. The molecule has 1 aromatic rings. The Labute approximate surface area is 99.5 Å². The SMILES string of the molecule is COC(=O)Cc1c(C)c(OC(F)(F)F)c[nH]c1=O. The fourth-order valence-electron chi connectivity index (χ4n) is 1.31. The second kappa shape index (κ2) is 5.11. The van der Waals surface area contributed by atoms with Crippen LogP contribution in [0, 0.1) is 6.92 Å². The first-order valence-electron chi connectivity index (χ1n) is 4.78. The first-order valence-corrected chi connectivity index (χ1v) is 4.78. The van der Waals surface area contributed by atoms with Gasteiger partial charge < -0.3 is 14.5 Å². The van der Waals surface area contributed by atoms with Crippen molar-refractivity contribution in [3.05, 3.63) is 27.7 Å². The van der Waals surface area contributed by atoms with E-state index in [1.54, 1.807) is 0 Å². The van der Waals surface area contributed by atoms with E-state index in [0.717, 1.165) is 13.3 Å². The Bertz CT molecular complexity index is 507. The van der Waals surface area contributed by atoms with E-state index < -0.39 is 30.1 Å². The monoisotopic (exact) mass is 265 g/mol. The van der Waals surface area contributed by atoms with Gasteiger partial charge in [0.05, 0.1) is 13.5 Å². The Balaban J connectivity index is 3.15. The number of pyridine rings is 1. The highest BCUT2D eigenvalue weighted by Crippen LogP contribution is 2.25. The van der Waals surface area contributed by atoms with E-state index in [4.69, 9.17) is 0 Å². The van der Waals surface area contributed by atoms with Gasteiger partial charge in [-0.05, 0) is 6.92 Å². The van der Waals surface area contributed by atoms with Crippen molar-refractivity contribution in [3.8, 4) is 5.75 Å². The highest BCUT2D eigenvalue weighted by atomic mass is 19.4. The number of hydrogen-bond acceptors (Lipinski definition) is 4. The summed E-state index contributed by atoms with van der Waals surface area (Å²) >= 11 is 0. The molecule has 0 aliphatic rings. The van der Waals surface area contributed by atoms with Crippen LogP contribution in [0.5, 0.6) is 5.75 Å². The number of nitrogens with one attached hydrogen (secondary N) is 1. The van der Waals surface area contributed by atoms with Gasteiger partial charge in [0.2, 0.25) is 0 Å². The number of H-pyrrole nitrogens is 1. The molecule has 18 heavy (non-hydrogen) atoms. The molecule has 1 aromatic heterocycles. The van der Waals surface area contributed by atoms with Gasteiger partial charge in [-0.3, -0.25) is 9.59 Å². The predicted molar refractivity (Wildman–Crippen MR) is 54.2 cm³/mol. The summed E-state index contributed by atoms with van der Waals surface area (Å²) in [5.74, 6) is -1.28. The van der Waals surface area contributed by atoms with Gasteiger partial charge in [-0.15, -0.1) is 13.2 Å². The van der Waals surface area contributed by atoms with Crippen molar-refractivity contribution < 1.29 is 27.4 Å². The number of aromatic amines is 1. The zero-order valence-corrected chi connectivity index (χ0v) is 9.55. The van der Waals surface area contributed by atoms with E-state index in [0.29, 0.717) is 0 Å². The number of ether oxygens (including phenoxy) is 2. The van der Waals surface area contributed by atoms with Crippen LogP contribution >= 0.6 is 0 Å². The van der Waals surface area contributed by atoms with Crippen LogP contribution in [0.25, 0.3) is 0 Å². The number of esters is 1. The lowest BCUT2D eigenvalue weighted by Gasteiger charge is -2.12. The predicted octanol–water partition coefficient (Wildman–Crippen LogP) is 1.30.